The van der Waals surface area contributed by atoms with Crippen molar-refractivity contribution in [3.05, 3.63) is 73.6 Å². The van der Waals surface area contributed by atoms with Gasteiger partial charge in [0.2, 0.25) is 5.91 Å². The molecule has 1 aliphatic heterocycles. The first kappa shape index (κ1) is 23.9. The maximum absolute atomic E-state index is 12.8. The minimum absolute atomic E-state index is 0.0576. The van der Waals surface area contributed by atoms with Crippen molar-refractivity contribution in [2.75, 3.05) is 20.1 Å². The molecule has 3 rings (SSSR count). The summed E-state index contributed by atoms with van der Waals surface area (Å²) in [7, 11) is 1.68. The molecule has 0 saturated heterocycles. The third-order valence-corrected chi connectivity index (χ3v) is 6.27. The number of nitrogens with one attached hydrogen (secondary N) is 1. The van der Waals surface area contributed by atoms with E-state index in [2.05, 4.69) is 5.32 Å². The Morgan fingerprint density at radius 3 is 2.70 bits per heavy atom. The van der Waals surface area contributed by atoms with Gasteiger partial charge in [-0.25, -0.2) is 9.59 Å². The van der Waals surface area contributed by atoms with Crippen LogP contribution in [0.1, 0.15) is 29.8 Å². The zero-order valence-electron chi connectivity index (χ0n) is 18.2. The molecule has 11 heteroatoms. The Morgan fingerprint density at radius 2 is 2.06 bits per heavy atom. The lowest BCUT2D eigenvalue weighted by Gasteiger charge is -2.37. The molecule has 0 radical (unpaired) electrons. The lowest BCUT2D eigenvalue weighted by atomic mass is 9.93. The van der Waals surface area contributed by atoms with Crippen molar-refractivity contribution >= 4 is 34.9 Å². The van der Waals surface area contributed by atoms with E-state index in [4.69, 9.17) is 0 Å². The highest BCUT2D eigenvalue weighted by molar-refractivity contribution is 7.10. The number of non-ortho nitro benzene ring substituents is 1. The smallest absolute Gasteiger partial charge is 0.335 e. The molecule has 2 N–H and O–H groups in total. The molecule has 10 nitrogen and oxygen atoms in total. The van der Waals surface area contributed by atoms with Crippen molar-refractivity contribution in [3.8, 4) is 0 Å². The largest absolute Gasteiger partial charge is 0.478 e. The van der Waals surface area contributed by atoms with E-state index in [0.29, 0.717) is 24.9 Å². The van der Waals surface area contributed by atoms with Gasteiger partial charge < -0.3 is 20.2 Å². The van der Waals surface area contributed by atoms with Gasteiger partial charge in [-0.05, 0) is 30.4 Å². The van der Waals surface area contributed by atoms with E-state index >= 15 is 0 Å². The van der Waals surface area contributed by atoms with Crippen molar-refractivity contribution in [1.29, 1.82) is 0 Å². The Kier molecular flexibility index (Phi) is 7.44. The van der Waals surface area contributed by atoms with Crippen LogP contribution in [0, 0.1) is 10.1 Å². The molecule has 1 atom stereocenters. The van der Waals surface area contributed by atoms with E-state index in [1.54, 1.807) is 18.0 Å². The summed E-state index contributed by atoms with van der Waals surface area (Å²) < 4.78 is 0. The number of allylic oxidation sites excluding steroid dienone is 1. The predicted molar refractivity (Wildman–Crippen MR) is 122 cm³/mol. The van der Waals surface area contributed by atoms with Crippen LogP contribution in [0.5, 0.6) is 0 Å². The van der Waals surface area contributed by atoms with E-state index in [1.807, 2.05) is 17.5 Å². The average molecular weight is 473 g/mol. The molecule has 174 valence electrons. The summed E-state index contributed by atoms with van der Waals surface area (Å²) >= 11 is 1.50. The summed E-state index contributed by atoms with van der Waals surface area (Å²) in [5.74, 6) is -1.28. The van der Waals surface area contributed by atoms with Crippen molar-refractivity contribution in [1.82, 2.24) is 15.1 Å². The zero-order valence-corrected chi connectivity index (χ0v) is 19.0. The lowest BCUT2D eigenvalue weighted by molar-refractivity contribution is -0.384. The van der Waals surface area contributed by atoms with E-state index in [1.165, 1.54) is 41.4 Å². The molecule has 1 aromatic carbocycles. The SMILES string of the molecule is CC1=C(C(=O)O)C(c2cccc([N+](=O)[O-])c2)N(CCCN(C)C(=O)Cc2cccs2)C(=O)N1. The monoisotopic (exact) mass is 472 g/mol. The molecule has 0 saturated carbocycles. The fourth-order valence-corrected chi connectivity index (χ4v) is 4.44. The van der Waals surface area contributed by atoms with Gasteiger partial charge in [-0.1, -0.05) is 18.2 Å². The van der Waals surface area contributed by atoms with Gasteiger partial charge in [0.25, 0.3) is 5.69 Å². The number of thiophene rings is 1. The molecule has 2 heterocycles. The summed E-state index contributed by atoms with van der Waals surface area (Å²) in [6, 6.07) is 7.89. The van der Waals surface area contributed by atoms with Crippen molar-refractivity contribution in [3.63, 3.8) is 0 Å². The number of nitro groups is 1. The highest BCUT2D eigenvalue weighted by atomic mass is 32.1. The molecule has 0 fully saturated rings. The van der Waals surface area contributed by atoms with Gasteiger partial charge in [0.05, 0.1) is 23.0 Å². The molecular formula is C22H24N4O6S. The van der Waals surface area contributed by atoms with Crippen molar-refractivity contribution in [2.24, 2.45) is 0 Å². The standard InChI is InChI=1S/C22H24N4O6S/c1-14-19(21(28)29)20(15-6-3-7-16(12-15)26(31)32)25(22(30)23-14)10-5-9-24(2)18(27)13-17-8-4-11-33-17/h3-4,6-8,11-12,20H,5,9-10,13H2,1-2H3,(H,23,30)(H,28,29). The summed E-state index contributed by atoms with van der Waals surface area (Å²) in [5, 5.41) is 25.5. The molecule has 1 aromatic heterocycles. The summed E-state index contributed by atoms with van der Waals surface area (Å²) in [5.41, 5.74) is 0.262. The molecule has 0 spiro atoms. The molecule has 33 heavy (non-hydrogen) atoms. The third-order valence-electron chi connectivity index (χ3n) is 5.40. The second-order valence-corrected chi connectivity index (χ2v) is 8.68. The van der Waals surface area contributed by atoms with E-state index in [0.717, 1.165) is 4.88 Å². The van der Waals surface area contributed by atoms with Crippen LogP contribution in [-0.4, -0.2) is 57.9 Å². The number of carboxylic acid groups (broad SMARTS) is 1. The van der Waals surface area contributed by atoms with Gasteiger partial charge >= 0.3 is 12.0 Å². The highest BCUT2D eigenvalue weighted by Crippen LogP contribution is 2.35. The van der Waals surface area contributed by atoms with Gasteiger partial charge in [-0.2, -0.15) is 0 Å². The van der Waals surface area contributed by atoms with Crippen LogP contribution in [0.3, 0.4) is 0 Å². The minimum Gasteiger partial charge on any atom is -0.478 e. The quantitative estimate of drug-likeness (QED) is 0.425. The number of carbonyl (C=O) groups excluding carboxylic acids is 2. The Hall–Kier alpha value is -3.73. The molecule has 1 aliphatic rings. The minimum atomic E-state index is -1.22. The van der Waals surface area contributed by atoms with Crippen LogP contribution in [0.4, 0.5) is 10.5 Å². The van der Waals surface area contributed by atoms with Gasteiger partial charge in [-0.3, -0.25) is 14.9 Å². The van der Waals surface area contributed by atoms with Crippen LogP contribution < -0.4 is 5.32 Å². The molecule has 1 unspecified atom stereocenters. The molecule has 3 amide bonds. The molecule has 0 bridgehead atoms. The van der Waals surface area contributed by atoms with Gasteiger partial charge in [0.15, 0.2) is 0 Å². The third kappa shape index (κ3) is 5.55. The number of amides is 3. The highest BCUT2D eigenvalue weighted by Gasteiger charge is 2.38. The van der Waals surface area contributed by atoms with Gasteiger partial charge in [0, 0.05) is 42.8 Å². The summed E-state index contributed by atoms with van der Waals surface area (Å²) in [6.45, 7) is 2.00. The van der Waals surface area contributed by atoms with Crippen molar-refractivity contribution in [2.45, 2.75) is 25.8 Å². The number of likely N-dealkylation sites (N-methyl/N-ethyl adjacent to an activating group) is 1. The Bertz CT molecular complexity index is 1100. The maximum Gasteiger partial charge on any atom is 0.335 e. The fourth-order valence-electron chi connectivity index (χ4n) is 3.74. The number of hydrogen-bond acceptors (Lipinski definition) is 6. The lowest BCUT2D eigenvalue weighted by Crippen LogP contribution is -2.49. The Labute approximate surface area is 194 Å². The number of nitrogens with zero attached hydrogens (tertiary/aromatic N) is 3. The number of benzene rings is 1. The number of hydrogen-bond donors (Lipinski definition) is 2. The number of nitro benzene ring substituents is 1. The number of carboxylic acids is 1. The normalized spacial score (nSPS) is 15.9. The van der Waals surface area contributed by atoms with E-state index in [-0.39, 0.29) is 29.4 Å². The molecule has 2 aromatic rings. The van der Waals surface area contributed by atoms with Crippen LogP contribution in [0.15, 0.2) is 53.0 Å². The fraction of sp³-hybridized carbons (Fsp3) is 0.318. The number of rotatable bonds is 9. The molecule has 0 aliphatic carbocycles. The maximum atomic E-state index is 12.8. The summed E-state index contributed by atoms with van der Waals surface area (Å²) in [4.78, 5) is 51.7. The topological polar surface area (TPSA) is 133 Å². The number of urea groups is 1. The van der Waals surface area contributed by atoms with Gasteiger partial charge in [-0.15, -0.1) is 11.3 Å². The Morgan fingerprint density at radius 1 is 1.30 bits per heavy atom. The van der Waals surface area contributed by atoms with Gasteiger partial charge in [0.1, 0.15) is 0 Å². The number of aliphatic carboxylic acids is 1. The van der Waals surface area contributed by atoms with Crippen LogP contribution in [0.2, 0.25) is 0 Å². The van der Waals surface area contributed by atoms with Crippen LogP contribution >= 0.6 is 11.3 Å². The van der Waals surface area contributed by atoms with Crippen molar-refractivity contribution < 1.29 is 24.4 Å². The van der Waals surface area contributed by atoms with E-state index < -0.39 is 23.0 Å². The first-order valence-corrected chi connectivity index (χ1v) is 11.1. The summed E-state index contributed by atoms with van der Waals surface area (Å²) in [6.07, 6.45) is 0.692. The average Bonchev–Trinajstić information content (AvgIpc) is 3.27. The van der Waals surface area contributed by atoms with Crippen LogP contribution in [0.25, 0.3) is 0 Å². The first-order valence-electron chi connectivity index (χ1n) is 10.2. The first-order chi connectivity index (χ1) is 15.7. The second kappa shape index (κ2) is 10.3. The van der Waals surface area contributed by atoms with Crippen LogP contribution in [-0.2, 0) is 16.0 Å². The Balaban J connectivity index is 1.79. The predicted octanol–water partition coefficient (Wildman–Crippen LogP) is 3.17. The van der Waals surface area contributed by atoms with E-state index in [9.17, 15) is 29.6 Å². The zero-order chi connectivity index (χ0) is 24.1. The molecular weight excluding hydrogens is 448 g/mol. The number of carbonyl (C=O) groups is 3. The second-order valence-electron chi connectivity index (χ2n) is 7.65.